The molecule has 45 heteroatoms. The van der Waals surface area contributed by atoms with Crippen molar-refractivity contribution in [3.05, 3.63) is 0 Å². The number of hydrogen-bond acceptors (Lipinski definition) is 45. The van der Waals surface area contributed by atoms with Crippen molar-refractivity contribution in [3.63, 3.8) is 0 Å². The Morgan fingerprint density at radius 2 is 0.374 bits per heavy atom. The molecule has 0 saturated carbocycles. The third-order valence-electron chi connectivity index (χ3n) is 19.0. The molecule has 45 nitrogen and oxygen atoms in total. The number of fused-ring (bicyclic) bond motifs is 7. The lowest BCUT2D eigenvalue weighted by molar-refractivity contribution is -0.413. The minimum atomic E-state index is -2.46. The van der Waals surface area contributed by atoms with Gasteiger partial charge < -0.3 is 223 Å². The average molecular weight is 1460 g/mol. The molecular formula is C54H90O45. The fraction of sp³-hybridized carbons (Fsp3) is 1.00. The quantitative estimate of drug-likeness (QED) is 0.0814. The Balaban J connectivity index is 0.963. The van der Waals surface area contributed by atoms with Gasteiger partial charge in [0, 0.05) is 0 Å². The SMILES string of the molecule is OC[C@@H]1OC(O[C@H]2[C@H]3O[C@H]4[C@@H](O)[C@H](O)[C@@H](O[C@H]5[C@@H](O)[C@H](O)[C@@H](O[C@H]6[C@@H](O)[C@H](O)[C@@H](O[C@H]7[C@H](O)[C@@H](O)[C@@H](O[C@H]8[C@H](O)[C@@H](O)[C@@H](O[C@H]9[C@H](O)[C@@H](O)[C@@H](O[C@@H]([C@@H]2O)[C@@H](CO)O3)O[C@@H]9CO)O[C@@H]8CO)O[C@@H]7CO)O[C@@H]6CO)O[C@@H]5CO)O[C@@H]4CO)[C@@H](O)[C@H](O)[C@H]1O[C@@H]1O[C@H](CO)[C@@H](O)[C@H](O)[C@H]1O. The smallest absolute Gasteiger partial charge is 0.187 e. The van der Waals surface area contributed by atoms with Crippen LogP contribution in [0.4, 0.5) is 0 Å². The molecule has 17 heterocycles. The second-order valence-electron chi connectivity index (χ2n) is 25.3. The molecule has 0 aromatic carbocycles. The Bertz CT molecular complexity index is 2460. The van der Waals surface area contributed by atoms with Gasteiger partial charge in [-0.3, -0.25) is 0 Å². The summed E-state index contributed by atoms with van der Waals surface area (Å²) in [6, 6.07) is 0. The highest BCUT2D eigenvalue weighted by Gasteiger charge is 2.62. The highest BCUT2D eigenvalue weighted by Crippen LogP contribution is 2.41. The van der Waals surface area contributed by atoms with E-state index >= 15 is 0 Å². The first kappa shape index (κ1) is 79.8. The molecule has 17 fully saturated rings. The Morgan fingerprint density at radius 1 is 0.162 bits per heavy atom. The average Bonchev–Trinajstić information content (AvgIpc) is 0.789. The summed E-state index contributed by atoms with van der Waals surface area (Å²) < 4.78 is 104. The van der Waals surface area contributed by atoms with E-state index < -0.39 is 336 Å². The summed E-state index contributed by atoms with van der Waals surface area (Å²) in [5.74, 6) is 0. The van der Waals surface area contributed by atoms with E-state index in [1.165, 1.54) is 0 Å². The lowest BCUT2D eigenvalue weighted by Gasteiger charge is -2.51. The molecule has 0 spiro atoms. The van der Waals surface area contributed by atoms with Gasteiger partial charge >= 0.3 is 0 Å². The predicted molar refractivity (Wildman–Crippen MR) is 294 cm³/mol. The third kappa shape index (κ3) is 15.8. The molecular weight excluding hydrogens is 1370 g/mol. The molecule has 17 aliphatic rings. The molecule has 0 amide bonds. The summed E-state index contributed by atoms with van der Waals surface area (Å²) in [4.78, 5) is 0. The van der Waals surface area contributed by atoms with Gasteiger partial charge in [0.2, 0.25) is 0 Å². The van der Waals surface area contributed by atoms with Crippen LogP contribution in [0.15, 0.2) is 0 Å². The van der Waals surface area contributed by atoms with Crippen LogP contribution < -0.4 is 0 Å². The van der Waals surface area contributed by atoms with Crippen molar-refractivity contribution >= 4 is 0 Å². The van der Waals surface area contributed by atoms with Gasteiger partial charge in [0.15, 0.2) is 56.6 Å². The summed E-state index contributed by atoms with van der Waals surface area (Å²) in [5, 5.41) is 300. The van der Waals surface area contributed by atoms with Crippen LogP contribution in [0.3, 0.4) is 0 Å². The van der Waals surface area contributed by atoms with Crippen LogP contribution in [-0.4, -0.2) is 474 Å². The first-order valence-corrected chi connectivity index (χ1v) is 31.7. The van der Waals surface area contributed by atoms with E-state index in [9.17, 15) is 138 Å². The van der Waals surface area contributed by atoms with Gasteiger partial charge in [0.05, 0.1) is 59.5 Å². The minimum Gasteiger partial charge on any atom is -0.394 e. The highest BCUT2D eigenvalue weighted by molar-refractivity contribution is 5.03. The van der Waals surface area contributed by atoms with Crippen molar-refractivity contribution < 1.29 is 223 Å². The van der Waals surface area contributed by atoms with Crippen molar-refractivity contribution in [2.24, 2.45) is 0 Å². The van der Waals surface area contributed by atoms with E-state index in [-0.39, 0.29) is 0 Å². The number of aliphatic hydroxyl groups is 27. The maximum Gasteiger partial charge on any atom is 0.187 e. The summed E-state index contributed by atoms with van der Waals surface area (Å²) in [6.07, 6.45) is -95.6. The maximum atomic E-state index is 12.5. The number of aliphatic hydroxyl groups excluding tert-OH is 27. The molecule has 576 valence electrons. The zero-order chi connectivity index (χ0) is 72.1. The van der Waals surface area contributed by atoms with Gasteiger partial charge in [-0.1, -0.05) is 0 Å². The summed E-state index contributed by atoms with van der Waals surface area (Å²) in [7, 11) is 0. The Labute approximate surface area is 558 Å². The molecule has 17 aliphatic heterocycles. The predicted octanol–water partition coefficient (Wildman–Crippen LogP) is -19.6. The summed E-state index contributed by atoms with van der Waals surface area (Å²) >= 11 is 0. The van der Waals surface area contributed by atoms with Crippen molar-refractivity contribution in [2.45, 2.75) is 276 Å². The van der Waals surface area contributed by atoms with E-state index in [0.29, 0.717) is 0 Å². The number of ether oxygens (including phenoxy) is 18. The van der Waals surface area contributed by atoms with Crippen LogP contribution >= 0.6 is 0 Å². The minimum absolute atomic E-state index is 0.935. The van der Waals surface area contributed by atoms with Crippen molar-refractivity contribution in [2.75, 3.05) is 59.5 Å². The van der Waals surface area contributed by atoms with Crippen LogP contribution in [0.2, 0.25) is 0 Å². The summed E-state index contributed by atoms with van der Waals surface area (Å²) in [6.45, 7) is -10.2. The molecule has 17 rings (SSSR count). The fourth-order valence-electron chi connectivity index (χ4n) is 13.4. The molecule has 99 heavy (non-hydrogen) atoms. The Kier molecular flexibility index (Phi) is 27.4. The largest absolute Gasteiger partial charge is 0.394 e. The maximum absolute atomic E-state index is 12.5. The zero-order valence-corrected chi connectivity index (χ0v) is 51.8. The molecule has 0 aromatic rings. The lowest BCUT2D eigenvalue weighted by Crippen LogP contribution is -2.69. The molecule has 45 atom stereocenters. The Morgan fingerprint density at radius 3 is 0.636 bits per heavy atom. The lowest BCUT2D eigenvalue weighted by atomic mass is 9.94. The van der Waals surface area contributed by atoms with Gasteiger partial charge in [0.25, 0.3) is 0 Å². The topological polar surface area (TPSA) is 712 Å². The van der Waals surface area contributed by atoms with Gasteiger partial charge in [-0.05, 0) is 0 Å². The van der Waals surface area contributed by atoms with Crippen LogP contribution in [0.1, 0.15) is 0 Å². The molecule has 27 N–H and O–H groups in total. The van der Waals surface area contributed by atoms with E-state index in [0.717, 1.165) is 0 Å². The molecule has 0 aromatic heterocycles. The van der Waals surface area contributed by atoms with Crippen molar-refractivity contribution in [3.8, 4) is 0 Å². The molecule has 14 bridgehead atoms. The van der Waals surface area contributed by atoms with Crippen molar-refractivity contribution in [1.29, 1.82) is 0 Å². The van der Waals surface area contributed by atoms with E-state index in [1.807, 2.05) is 0 Å². The zero-order valence-electron chi connectivity index (χ0n) is 51.8. The summed E-state index contributed by atoms with van der Waals surface area (Å²) in [5.41, 5.74) is 0. The first-order valence-electron chi connectivity index (χ1n) is 31.7. The van der Waals surface area contributed by atoms with Gasteiger partial charge in [-0.15, -0.1) is 0 Å². The standard InChI is InChI=1S/C54H90O45/c55-1-10-19(64)20(65)28(73)46(82-10)91-37-16(7-61)89-53(35(80)26(37)71)99-45-36(81)44-18(9-63)90-54(45)98-43-17(8-62)88-51(34(79)27(43)72)96-41-14(5-59)86-49(32(77)24(41)69)94-39-12(3-57)84-47(30(75)22(39)67)92-38-11(2-56)83-48(29(74)21(38)66)93-40-13(4-58)85-50(31(76)23(40)68)95-42-15(6-60)87-52(97-44)33(78)25(42)70/h10-81H,1-9H2/t10-,11-,12-,13-,14-,15-,16+,17-,18-,19-,20+,21-,22+,23-,24+,25-,26+,27+,28-,29-,30+,31-,32+,33-,34+,35+,36+,37+,38-,39-,40-,41-,42-,43-,44-,45-,46+,47-,48-,49-,50-,51-,52-,53?,54-/m1/s1. The van der Waals surface area contributed by atoms with Gasteiger partial charge in [0.1, 0.15) is 220 Å². The molecule has 0 aliphatic carbocycles. The van der Waals surface area contributed by atoms with Gasteiger partial charge in [-0.25, -0.2) is 0 Å². The molecule has 17 saturated heterocycles. The van der Waals surface area contributed by atoms with Crippen LogP contribution in [-0.2, 0) is 85.3 Å². The van der Waals surface area contributed by atoms with Crippen LogP contribution in [0.25, 0.3) is 0 Å². The number of hydrogen-bond donors (Lipinski definition) is 27. The van der Waals surface area contributed by atoms with E-state index in [4.69, 9.17) is 85.3 Å². The second kappa shape index (κ2) is 34.0. The molecule has 1 unspecified atom stereocenters. The monoisotopic (exact) mass is 1460 g/mol. The molecule has 0 radical (unpaired) electrons. The van der Waals surface area contributed by atoms with Gasteiger partial charge in [-0.2, -0.15) is 0 Å². The normalized spacial score (nSPS) is 55.1. The first-order chi connectivity index (χ1) is 47.1. The van der Waals surface area contributed by atoms with E-state index in [2.05, 4.69) is 0 Å². The second-order valence-corrected chi connectivity index (χ2v) is 25.3. The fourth-order valence-corrected chi connectivity index (χ4v) is 13.4. The van der Waals surface area contributed by atoms with E-state index in [1.54, 1.807) is 0 Å². The highest BCUT2D eigenvalue weighted by atomic mass is 16.8. The van der Waals surface area contributed by atoms with Crippen molar-refractivity contribution in [1.82, 2.24) is 0 Å². The number of rotatable bonds is 13. The van der Waals surface area contributed by atoms with Crippen LogP contribution in [0.5, 0.6) is 0 Å². The Hall–Kier alpha value is -1.80. The van der Waals surface area contributed by atoms with Crippen LogP contribution in [0, 0.1) is 0 Å². The third-order valence-corrected chi connectivity index (χ3v) is 19.0.